The Bertz CT molecular complexity index is 929. The molecule has 30 heavy (non-hydrogen) atoms. The molecule has 0 aliphatic carbocycles. The lowest BCUT2D eigenvalue weighted by atomic mass is 10.1. The van der Waals surface area contributed by atoms with E-state index in [4.69, 9.17) is 39.5 Å². The Balaban J connectivity index is 2.45. The van der Waals surface area contributed by atoms with Crippen LogP contribution < -0.4 is 16.0 Å². The average Bonchev–Trinajstić information content (AvgIpc) is 2.97. The number of hydrogen-bond acceptors (Lipinski definition) is 6. The third-order valence-corrected chi connectivity index (χ3v) is 5.69. The molecule has 3 N–H and O–H groups in total. The van der Waals surface area contributed by atoms with Crippen LogP contribution in [-0.4, -0.2) is 34.3 Å². The molecule has 0 radical (unpaired) electrons. The number of carbonyl (C=O) groups is 3. The molecule has 7 nitrogen and oxygen atoms in total. The van der Waals surface area contributed by atoms with Gasteiger partial charge >= 0.3 is 5.97 Å². The standard InChI is InChI=1S/C19H20Cl3N3O4S/c1-4-29-17(28)13-10(2)14(15(27)24-12-8-6-5-7-9-12)30-16(13)25-18(19(20,21)22)23-11(3)26/h5-9,18,25H,4H2,1-3H3,(H,23,26)(H,24,27)/t18-/m1/s1. The summed E-state index contributed by atoms with van der Waals surface area (Å²) in [6.45, 7) is 4.68. The van der Waals surface area contributed by atoms with E-state index in [1.807, 2.05) is 6.07 Å². The third kappa shape index (κ3) is 6.25. The molecule has 2 aromatic rings. The number of para-hydroxylation sites is 1. The molecule has 0 saturated carbocycles. The number of esters is 1. The zero-order valence-corrected chi connectivity index (χ0v) is 19.4. The molecular formula is C19H20Cl3N3O4S. The summed E-state index contributed by atoms with van der Waals surface area (Å²) >= 11 is 18.9. The number of amides is 2. The number of ether oxygens (including phenoxy) is 1. The molecule has 0 unspecified atom stereocenters. The summed E-state index contributed by atoms with van der Waals surface area (Å²) < 4.78 is 3.19. The highest BCUT2D eigenvalue weighted by atomic mass is 35.6. The quantitative estimate of drug-likeness (QED) is 0.295. The van der Waals surface area contributed by atoms with E-state index in [-0.39, 0.29) is 22.0 Å². The van der Waals surface area contributed by atoms with Crippen LogP contribution in [0.3, 0.4) is 0 Å². The minimum Gasteiger partial charge on any atom is -0.462 e. The van der Waals surface area contributed by atoms with Crippen molar-refractivity contribution in [2.45, 2.75) is 30.7 Å². The molecule has 0 spiro atoms. The van der Waals surface area contributed by atoms with Crippen molar-refractivity contribution in [3.63, 3.8) is 0 Å². The maximum atomic E-state index is 12.8. The number of thiophene rings is 1. The van der Waals surface area contributed by atoms with E-state index in [0.29, 0.717) is 11.3 Å². The molecule has 1 aromatic heterocycles. The second kappa shape index (κ2) is 10.3. The number of halogens is 3. The van der Waals surface area contributed by atoms with Gasteiger partial charge in [0.2, 0.25) is 9.70 Å². The Morgan fingerprint density at radius 3 is 2.33 bits per heavy atom. The molecule has 1 atom stereocenters. The van der Waals surface area contributed by atoms with E-state index in [1.54, 1.807) is 38.1 Å². The van der Waals surface area contributed by atoms with Crippen LogP contribution in [-0.2, 0) is 9.53 Å². The number of nitrogens with one attached hydrogen (secondary N) is 3. The first-order valence-electron chi connectivity index (χ1n) is 8.81. The van der Waals surface area contributed by atoms with Crippen LogP contribution in [0.1, 0.15) is 39.4 Å². The van der Waals surface area contributed by atoms with E-state index in [9.17, 15) is 14.4 Å². The van der Waals surface area contributed by atoms with Crippen molar-refractivity contribution in [3.05, 3.63) is 46.3 Å². The van der Waals surface area contributed by atoms with Crippen LogP contribution in [0.2, 0.25) is 0 Å². The average molecular weight is 493 g/mol. The Kier molecular flexibility index (Phi) is 8.37. The van der Waals surface area contributed by atoms with Crippen LogP contribution in [0.15, 0.2) is 30.3 Å². The van der Waals surface area contributed by atoms with Gasteiger partial charge in [-0.25, -0.2) is 4.79 Å². The zero-order chi connectivity index (χ0) is 22.5. The van der Waals surface area contributed by atoms with Crippen molar-refractivity contribution in [2.75, 3.05) is 17.2 Å². The summed E-state index contributed by atoms with van der Waals surface area (Å²) in [6, 6.07) is 8.87. The van der Waals surface area contributed by atoms with Crippen LogP contribution in [0, 0.1) is 6.92 Å². The second-order valence-electron chi connectivity index (χ2n) is 6.12. The first-order chi connectivity index (χ1) is 14.0. The molecule has 2 amide bonds. The van der Waals surface area contributed by atoms with Crippen LogP contribution in [0.5, 0.6) is 0 Å². The monoisotopic (exact) mass is 491 g/mol. The highest BCUT2D eigenvalue weighted by Gasteiger charge is 2.36. The minimum absolute atomic E-state index is 0.129. The van der Waals surface area contributed by atoms with Crippen LogP contribution in [0.4, 0.5) is 10.7 Å². The summed E-state index contributed by atoms with van der Waals surface area (Å²) in [6.07, 6.45) is -1.16. The minimum atomic E-state index is -1.93. The van der Waals surface area contributed by atoms with Gasteiger partial charge in [-0.2, -0.15) is 0 Å². The van der Waals surface area contributed by atoms with Crippen molar-refractivity contribution < 1.29 is 19.1 Å². The molecule has 0 saturated heterocycles. The molecule has 2 rings (SSSR count). The fourth-order valence-electron chi connectivity index (χ4n) is 2.52. The van der Waals surface area contributed by atoms with Gasteiger partial charge in [-0.1, -0.05) is 53.0 Å². The van der Waals surface area contributed by atoms with E-state index in [0.717, 1.165) is 11.3 Å². The summed E-state index contributed by atoms with van der Waals surface area (Å²) in [4.78, 5) is 37.2. The maximum absolute atomic E-state index is 12.8. The van der Waals surface area contributed by atoms with E-state index in [1.165, 1.54) is 6.92 Å². The van der Waals surface area contributed by atoms with E-state index in [2.05, 4.69) is 16.0 Å². The summed E-state index contributed by atoms with van der Waals surface area (Å²) in [7, 11) is 0. The highest BCUT2D eigenvalue weighted by molar-refractivity contribution is 7.18. The number of anilines is 2. The van der Waals surface area contributed by atoms with Crippen molar-refractivity contribution >= 4 is 74.6 Å². The first kappa shape index (κ1) is 24.3. The van der Waals surface area contributed by atoms with Crippen molar-refractivity contribution in [1.82, 2.24) is 5.32 Å². The molecule has 0 bridgehead atoms. The second-order valence-corrected chi connectivity index (χ2v) is 9.51. The lowest BCUT2D eigenvalue weighted by Gasteiger charge is -2.26. The predicted molar refractivity (Wildman–Crippen MR) is 121 cm³/mol. The predicted octanol–water partition coefficient (Wildman–Crippen LogP) is 4.73. The summed E-state index contributed by atoms with van der Waals surface area (Å²) in [5.41, 5.74) is 1.13. The lowest BCUT2D eigenvalue weighted by Crippen LogP contribution is -2.48. The topological polar surface area (TPSA) is 96.5 Å². The van der Waals surface area contributed by atoms with Crippen molar-refractivity contribution in [3.8, 4) is 0 Å². The number of rotatable bonds is 7. The SMILES string of the molecule is CCOC(=O)c1c(N[C@@H](NC(C)=O)C(Cl)(Cl)Cl)sc(C(=O)Nc2ccccc2)c1C. The molecule has 1 aromatic carbocycles. The molecule has 0 fully saturated rings. The van der Waals surface area contributed by atoms with Gasteiger partial charge in [0.15, 0.2) is 0 Å². The fraction of sp³-hybridized carbons (Fsp3) is 0.316. The van der Waals surface area contributed by atoms with Gasteiger partial charge in [0.25, 0.3) is 5.91 Å². The van der Waals surface area contributed by atoms with E-state index >= 15 is 0 Å². The van der Waals surface area contributed by atoms with Crippen molar-refractivity contribution in [1.29, 1.82) is 0 Å². The Morgan fingerprint density at radius 2 is 1.80 bits per heavy atom. The van der Waals surface area contributed by atoms with Crippen LogP contribution >= 0.6 is 46.1 Å². The summed E-state index contributed by atoms with van der Waals surface area (Å²) in [5.74, 6) is -1.50. The van der Waals surface area contributed by atoms with Gasteiger partial charge in [0.1, 0.15) is 11.2 Å². The fourth-order valence-corrected chi connectivity index (χ4v) is 3.97. The largest absolute Gasteiger partial charge is 0.462 e. The smallest absolute Gasteiger partial charge is 0.341 e. The normalized spacial score (nSPS) is 12.1. The summed E-state index contributed by atoms with van der Waals surface area (Å²) in [5, 5.41) is 8.32. The molecule has 0 aliphatic rings. The molecular weight excluding hydrogens is 473 g/mol. The van der Waals surface area contributed by atoms with Crippen LogP contribution in [0.25, 0.3) is 0 Å². The lowest BCUT2D eigenvalue weighted by molar-refractivity contribution is -0.119. The molecule has 0 aliphatic heterocycles. The maximum Gasteiger partial charge on any atom is 0.341 e. The van der Waals surface area contributed by atoms with Gasteiger partial charge in [-0.3, -0.25) is 9.59 Å². The molecule has 162 valence electrons. The zero-order valence-electron chi connectivity index (χ0n) is 16.3. The molecule has 11 heteroatoms. The number of benzene rings is 1. The molecule has 1 heterocycles. The van der Waals surface area contributed by atoms with Gasteiger partial charge in [0.05, 0.1) is 17.0 Å². The Hall–Kier alpha value is -2.00. The Morgan fingerprint density at radius 1 is 1.17 bits per heavy atom. The van der Waals surface area contributed by atoms with Gasteiger partial charge in [0, 0.05) is 12.6 Å². The van der Waals surface area contributed by atoms with E-state index < -0.39 is 27.7 Å². The van der Waals surface area contributed by atoms with Crippen molar-refractivity contribution in [2.24, 2.45) is 0 Å². The highest BCUT2D eigenvalue weighted by Crippen LogP contribution is 2.38. The van der Waals surface area contributed by atoms with Gasteiger partial charge < -0.3 is 20.7 Å². The first-order valence-corrected chi connectivity index (χ1v) is 10.8. The number of alkyl halides is 3. The third-order valence-electron chi connectivity index (χ3n) is 3.81. The van der Waals surface area contributed by atoms with Gasteiger partial charge in [-0.05, 0) is 31.5 Å². The van der Waals surface area contributed by atoms with Gasteiger partial charge in [-0.15, -0.1) is 11.3 Å². The Labute approximate surface area is 193 Å². The number of hydrogen-bond donors (Lipinski definition) is 3. The number of carbonyl (C=O) groups excluding carboxylic acids is 3.